The number of aliphatic carboxylic acids is 1. The standard InChI is InChI=1S/C21H22O2/c22-21(23)16-7-6-13-11-18-17(10-12-4-2-1-3-5-12)15-9-8-14(16)19(13)20(15)18/h1-9,13-20H,10-11H2,(H,22,23). The van der Waals surface area contributed by atoms with Crippen LogP contribution >= 0.6 is 0 Å². The van der Waals surface area contributed by atoms with Gasteiger partial charge in [-0.05, 0) is 59.8 Å². The van der Waals surface area contributed by atoms with E-state index in [9.17, 15) is 9.90 Å². The molecule has 2 heteroatoms. The van der Waals surface area contributed by atoms with Crippen LogP contribution in [0.2, 0.25) is 0 Å². The molecule has 0 spiro atoms. The van der Waals surface area contributed by atoms with Crippen LogP contribution < -0.4 is 0 Å². The third-order valence-electron chi connectivity index (χ3n) is 7.05. The van der Waals surface area contributed by atoms with Crippen molar-refractivity contribution in [1.82, 2.24) is 0 Å². The molecular weight excluding hydrogens is 284 g/mol. The molecule has 0 heterocycles. The molecule has 2 fully saturated rings. The second kappa shape index (κ2) is 4.83. The predicted octanol–water partition coefficient (Wildman–Crippen LogP) is 3.80. The van der Waals surface area contributed by atoms with Crippen LogP contribution in [-0.2, 0) is 11.2 Å². The van der Waals surface area contributed by atoms with Gasteiger partial charge in [-0.1, -0.05) is 54.6 Å². The lowest BCUT2D eigenvalue weighted by molar-refractivity contribution is -0.143. The number of allylic oxidation sites excluding steroid dienone is 3. The van der Waals surface area contributed by atoms with Crippen LogP contribution in [0.1, 0.15) is 12.0 Å². The number of carbonyl (C=O) groups is 1. The minimum absolute atomic E-state index is 0.228. The lowest BCUT2D eigenvalue weighted by Crippen LogP contribution is -2.51. The molecule has 8 atom stereocenters. The van der Waals surface area contributed by atoms with E-state index in [-0.39, 0.29) is 11.8 Å². The molecule has 0 aliphatic heterocycles. The van der Waals surface area contributed by atoms with E-state index < -0.39 is 5.97 Å². The Morgan fingerprint density at radius 3 is 2.57 bits per heavy atom. The maximum Gasteiger partial charge on any atom is 0.310 e. The largest absolute Gasteiger partial charge is 0.481 e. The molecule has 23 heavy (non-hydrogen) atoms. The van der Waals surface area contributed by atoms with E-state index in [1.54, 1.807) is 0 Å². The first-order chi connectivity index (χ1) is 11.2. The summed E-state index contributed by atoms with van der Waals surface area (Å²) in [6.45, 7) is 0. The van der Waals surface area contributed by atoms with E-state index in [0.29, 0.717) is 17.8 Å². The van der Waals surface area contributed by atoms with Gasteiger partial charge in [0.25, 0.3) is 0 Å². The summed E-state index contributed by atoms with van der Waals surface area (Å²) in [7, 11) is 0. The van der Waals surface area contributed by atoms with Crippen LogP contribution in [0.4, 0.5) is 0 Å². The van der Waals surface area contributed by atoms with Gasteiger partial charge in [0, 0.05) is 0 Å². The van der Waals surface area contributed by atoms with E-state index in [2.05, 4.69) is 48.6 Å². The number of carboxylic acids is 1. The van der Waals surface area contributed by atoms with Gasteiger partial charge in [0.15, 0.2) is 0 Å². The molecule has 118 valence electrons. The highest BCUT2D eigenvalue weighted by molar-refractivity contribution is 5.73. The number of hydrogen-bond donors (Lipinski definition) is 1. The smallest absolute Gasteiger partial charge is 0.310 e. The summed E-state index contributed by atoms with van der Waals surface area (Å²) in [4.78, 5) is 11.6. The zero-order valence-electron chi connectivity index (χ0n) is 13.1. The van der Waals surface area contributed by atoms with E-state index >= 15 is 0 Å². The Labute approximate surface area is 136 Å². The highest BCUT2D eigenvalue weighted by Crippen LogP contribution is 2.66. The molecule has 1 aromatic rings. The Morgan fingerprint density at radius 2 is 1.78 bits per heavy atom. The molecule has 0 saturated heterocycles. The molecule has 4 aliphatic carbocycles. The Balaban J connectivity index is 1.45. The fourth-order valence-electron chi connectivity index (χ4n) is 6.20. The van der Waals surface area contributed by atoms with Gasteiger partial charge in [-0.15, -0.1) is 0 Å². The maximum absolute atomic E-state index is 11.6. The number of rotatable bonds is 3. The van der Waals surface area contributed by atoms with Gasteiger partial charge in [0.05, 0.1) is 5.92 Å². The Morgan fingerprint density at radius 1 is 1.00 bits per heavy atom. The first kappa shape index (κ1) is 13.6. The molecule has 1 aromatic carbocycles. The van der Waals surface area contributed by atoms with Gasteiger partial charge in [0.2, 0.25) is 0 Å². The Kier molecular flexibility index (Phi) is 2.86. The summed E-state index contributed by atoms with van der Waals surface area (Å²) in [6.07, 6.45) is 11.3. The van der Waals surface area contributed by atoms with Gasteiger partial charge in [-0.25, -0.2) is 0 Å². The van der Waals surface area contributed by atoms with E-state index in [0.717, 1.165) is 17.8 Å². The summed E-state index contributed by atoms with van der Waals surface area (Å²) in [5.74, 6) is 3.40. The van der Waals surface area contributed by atoms with Gasteiger partial charge in [-0.3, -0.25) is 4.79 Å². The monoisotopic (exact) mass is 306 g/mol. The van der Waals surface area contributed by atoms with Crippen LogP contribution in [-0.4, -0.2) is 11.1 Å². The van der Waals surface area contributed by atoms with Crippen molar-refractivity contribution in [3.63, 3.8) is 0 Å². The number of hydrogen-bond acceptors (Lipinski definition) is 1. The van der Waals surface area contributed by atoms with E-state index in [1.807, 2.05) is 6.08 Å². The second-order valence-corrected chi connectivity index (χ2v) is 7.86. The minimum atomic E-state index is -0.656. The van der Waals surface area contributed by atoms with Crippen molar-refractivity contribution < 1.29 is 9.90 Å². The summed E-state index contributed by atoms with van der Waals surface area (Å²) in [5.41, 5.74) is 1.44. The average Bonchev–Trinajstić information content (AvgIpc) is 2.91. The van der Waals surface area contributed by atoms with Crippen molar-refractivity contribution in [2.75, 3.05) is 0 Å². The molecular formula is C21H22O2. The molecule has 0 aromatic heterocycles. The quantitative estimate of drug-likeness (QED) is 0.862. The normalized spacial score (nSPS) is 45.4. The molecule has 5 rings (SSSR count). The summed E-state index contributed by atoms with van der Waals surface area (Å²) < 4.78 is 0. The molecule has 4 aliphatic rings. The van der Waals surface area contributed by atoms with Crippen molar-refractivity contribution in [1.29, 1.82) is 0 Å². The highest BCUT2D eigenvalue weighted by Gasteiger charge is 2.62. The van der Waals surface area contributed by atoms with E-state index in [1.165, 1.54) is 18.4 Å². The first-order valence-corrected chi connectivity index (χ1v) is 8.87. The van der Waals surface area contributed by atoms with Crippen LogP contribution in [0, 0.1) is 47.3 Å². The zero-order chi connectivity index (χ0) is 15.6. The number of carboxylic acid groups (broad SMARTS) is 1. The van der Waals surface area contributed by atoms with E-state index in [4.69, 9.17) is 0 Å². The van der Waals surface area contributed by atoms with Crippen molar-refractivity contribution >= 4 is 5.97 Å². The molecule has 0 bridgehead atoms. The van der Waals surface area contributed by atoms with Gasteiger partial charge >= 0.3 is 5.97 Å². The molecule has 8 unspecified atom stereocenters. The van der Waals surface area contributed by atoms with Crippen molar-refractivity contribution in [3.05, 3.63) is 60.2 Å². The van der Waals surface area contributed by atoms with Crippen LogP contribution in [0.5, 0.6) is 0 Å². The lowest BCUT2D eigenvalue weighted by atomic mass is 9.50. The second-order valence-electron chi connectivity index (χ2n) is 7.86. The van der Waals surface area contributed by atoms with Gasteiger partial charge in [-0.2, -0.15) is 0 Å². The van der Waals surface area contributed by atoms with Crippen LogP contribution in [0.3, 0.4) is 0 Å². The molecule has 2 saturated carbocycles. The van der Waals surface area contributed by atoms with Crippen molar-refractivity contribution in [2.24, 2.45) is 47.3 Å². The molecule has 0 radical (unpaired) electrons. The van der Waals surface area contributed by atoms with Crippen molar-refractivity contribution in [2.45, 2.75) is 12.8 Å². The van der Waals surface area contributed by atoms with Crippen LogP contribution in [0.25, 0.3) is 0 Å². The van der Waals surface area contributed by atoms with Gasteiger partial charge in [0.1, 0.15) is 0 Å². The fraction of sp³-hybridized carbons (Fsp3) is 0.476. The molecule has 2 nitrogen and oxygen atoms in total. The predicted molar refractivity (Wildman–Crippen MR) is 88.6 cm³/mol. The first-order valence-electron chi connectivity index (χ1n) is 8.87. The maximum atomic E-state index is 11.6. The third-order valence-corrected chi connectivity index (χ3v) is 7.05. The Bertz CT molecular complexity index is 689. The molecule has 1 N–H and O–H groups in total. The SMILES string of the molecule is O=C(O)C1C=CC2CC3C(Cc4ccccc4)C4C=CC1C2C43. The topological polar surface area (TPSA) is 37.3 Å². The van der Waals surface area contributed by atoms with Crippen molar-refractivity contribution in [3.8, 4) is 0 Å². The average molecular weight is 306 g/mol. The minimum Gasteiger partial charge on any atom is -0.481 e. The third kappa shape index (κ3) is 1.84. The highest BCUT2D eigenvalue weighted by atomic mass is 16.4. The number of benzene rings is 1. The molecule has 0 amide bonds. The summed E-state index contributed by atoms with van der Waals surface area (Å²) >= 11 is 0. The summed E-state index contributed by atoms with van der Waals surface area (Å²) in [5, 5.41) is 9.51. The van der Waals surface area contributed by atoms with Gasteiger partial charge < -0.3 is 5.11 Å². The van der Waals surface area contributed by atoms with Crippen LogP contribution in [0.15, 0.2) is 54.6 Å². The zero-order valence-corrected chi connectivity index (χ0v) is 13.1. The fourth-order valence-corrected chi connectivity index (χ4v) is 6.20. The Hall–Kier alpha value is -1.83. The lowest BCUT2D eigenvalue weighted by Gasteiger charge is -2.54. The summed E-state index contributed by atoms with van der Waals surface area (Å²) in [6, 6.07) is 10.8.